The predicted octanol–water partition coefficient (Wildman–Crippen LogP) is 9.20. The molecule has 39 heavy (non-hydrogen) atoms. The molecule has 1 fully saturated rings. The van der Waals surface area contributed by atoms with E-state index in [0.717, 1.165) is 34.4 Å². The van der Waals surface area contributed by atoms with Crippen LogP contribution in [0.15, 0.2) is 73.1 Å². The molecule has 0 atom stereocenters. The van der Waals surface area contributed by atoms with E-state index >= 15 is 0 Å². The zero-order valence-corrected chi connectivity index (χ0v) is 25.9. The molecule has 0 spiro atoms. The summed E-state index contributed by atoms with van der Waals surface area (Å²) in [5, 5.41) is 0. The molecular formula is C36H38IrN2-2. The molecular weight excluding hydrogens is 653 g/mol. The normalized spacial score (nSPS) is 21.4. The van der Waals surface area contributed by atoms with Crippen molar-refractivity contribution < 1.29 is 20.1 Å². The van der Waals surface area contributed by atoms with Crippen molar-refractivity contribution in [3.8, 4) is 22.5 Å². The first-order valence-corrected chi connectivity index (χ1v) is 14.3. The quantitative estimate of drug-likeness (QED) is 0.196. The van der Waals surface area contributed by atoms with E-state index in [-0.39, 0.29) is 30.9 Å². The molecule has 2 aromatic heterocycles. The van der Waals surface area contributed by atoms with E-state index in [4.69, 9.17) is 4.98 Å². The van der Waals surface area contributed by atoms with Crippen LogP contribution in [0.4, 0.5) is 0 Å². The molecule has 3 heteroatoms. The maximum absolute atomic E-state index is 4.69. The molecule has 2 bridgehead atoms. The minimum Gasteiger partial charge on any atom is -0.304 e. The number of aromatic nitrogens is 2. The van der Waals surface area contributed by atoms with Crippen LogP contribution in [0, 0.1) is 12.1 Å². The summed E-state index contributed by atoms with van der Waals surface area (Å²) < 4.78 is 0. The number of fused-ring (bicyclic) bond motifs is 3. The average molecular weight is 691 g/mol. The van der Waals surface area contributed by atoms with Crippen LogP contribution in [-0.2, 0) is 30.9 Å². The second-order valence-corrected chi connectivity index (χ2v) is 12.7. The van der Waals surface area contributed by atoms with Crippen LogP contribution in [0.25, 0.3) is 22.5 Å². The van der Waals surface area contributed by atoms with E-state index in [9.17, 15) is 0 Å². The van der Waals surface area contributed by atoms with E-state index in [0.29, 0.717) is 0 Å². The van der Waals surface area contributed by atoms with Crippen LogP contribution in [0.3, 0.4) is 0 Å². The number of nitrogens with zero attached hydrogens (tertiary/aromatic N) is 2. The van der Waals surface area contributed by atoms with Gasteiger partial charge in [-0.1, -0.05) is 39.8 Å². The van der Waals surface area contributed by atoms with Crippen molar-refractivity contribution in [2.45, 2.75) is 88.9 Å². The molecule has 1 saturated carbocycles. The number of hydrogen-bond acceptors (Lipinski definition) is 2. The Labute approximate surface area is 248 Å². The first kappa shape index (κ1) is 27.9. The summed E-state index contributed by atoms with van der Waals surface area (Å²) in [4.78, 5) is 9.34. The van der Waals surface area contributed by atoms with Crippen molar-refractivity contribution in [2.24, 2.45) is 0 Å². The van der Waals surface area contributed by atoms with E-state index in [1.54, 1.807) is 5.56 Å². The van der Waals surface area contributed by atoms with Gasteiger partial charge in [0.2, 0.25) is 0 Å². The van der Waals surface area contributed by atoms with Gasteiger partial charge < -0.3 is 9.97 Å². The van der Waals surface area contributed by atoms with Crippen LogP contribution in [0.5, 0.6) is 0 Å². The van der Waals surface area contributed by atoms with Crippen LogP contribution in [0.1, 0.15) is 100 Å². The van der Waals surface area contributed by atoms with Crippen molar-refractivity contribution in [3.63, 3.8) is 0 Å². The molecule has 0 saturated heterocycles. The molecule has 4 aromatic rings. The van der Waals surface area contributed by atoms with Gasteiger partial charge in [-0.15, -0.1) is 71.8 Å². The number of hydrogen-bond donors (Lipinski definition) is 0. The first-order chi connectivity index (χ1) is 18.3. The summed E-state index contributed by atoms with van der Waals surface area (Å²) >= 11 is 0. The second kappa shape index (κ2) is 11.1. The minimum absolute atomic E-state index is 0. The van der Waals surface area contributed by atoms with Gasteiger partial charge in [-0.05, 0) is 94.8 Å². The monoisotopic (exact) mass is 691 g/mol. The van der Waals surface area contributed by atoms with Gasteiger partial charge in [0.1, 0.15) is 0 Å². The van der Waals surface area contributed by atoms with Gasteiger partial charge in [0.25, 0.3) is 0 Å². The second-order valence-electron chi connectivity index (χ2n) is 12.7. The molecule has 4 aliphatic rings. The van der Waals surface area contributed by atoms with Crippen molar-refractivity contribution >= 4 is 0 Å². The molecule has 0 N–H and O–H groups in total. The summed E-state index contributed by atoms with van der Waals surface area (Å²) in [5.74, 6) is 1.57. The van der Waals surface area contributed by atoms with Gasteiger partial charge in [0.05, 0.1) is 0 Å². The Morgan fingerprint density at radius 3 is 1.72 bits per heavy atom. The Kier molecular flexibility index (Phi) is 7.96. The molecule has 2 aromatic carbocycles. The third-order valence-electron chi connectivity index (χ3n) is 9.28. The SMILES string of the molecule is CC1(C)CCC(C)(C)c2cc(-c3[c-]cccc3)ncc21.[Ir].[c-]1ccccc1-c1cc2c(cn1)C1CCC2CC1. The molecule has 8 rings (SSSR count). The number of rotatable bonds is 2. The standard InChI is InChI=1S/C19H22N.C17H16N.Ir/c1-18(2)10-11-19(3,4)16-13-20-17(12-15(16)18)14-8-6-5-7-9-14;1-2-4-14(5-3-1)17-10-15-12-6-8-13(9-7-12)16(15)11-18-17;/h5-8,12-13H,10-11H2,1-4H3;1-4,10-13H,6-9H2;/q2*-1;. The zero-order chi connectivity index (χ0) is 26.3. The van der Waals surface area contributed by atoms with Crippen LogP contribution < -0.4 is 0 Å². The Morgan fingerprint density at radius 2 is 1.15 bits per heavy atom. The molecule has 0 aliphatic heterocycles. The van der Waals surface area contributed by atoms with Crippen LogP contribution in [-0.4, -0.2) is 9.97 Å². The molecule has 2 heterocycles. The fourth-order valence-corrected chi connectivity index (χ4v) is 6.74. The van der Waals surface area contributed by atoms with Gasteiger partial charge in [-0.3, -0.25) is 0 Å². The van der Waals surface area contributed by atoms with Crippen molar-refractivity contribution in [1.29, 1.82) is 0 Å². The number of pyridine rings is 2. The largest absolute Gasteiger partial charge is 0.304 e. The first-order valence-electron chi connectivity index (χ1n) is 14.3. The Hall–Kier alpha value is -2.61. The topological polar surface area (TPSA) is 25.8 Å². The summed E-state index contributed by atoms with van der Waals surface area (Å²) in [7, 11) is 0. The van der Waals surface area contributed by atoms with E-state index in [1.807, 2.05) is 30.3 Å². The molecule has 203 valence electrons. The van der Waals surface area contributed by atoms with Crippen LogP contribution >= 0.6 is 0 Å². The van der Waals surface area contributed by atoms with Gasteiger partial charge in [0, 0.05) is 32.5 Å². The average Bonchev–Trinajstić information content (AvgIpc) is 2.97. The van der Waals surface area contributed by atoms with Crippen molar-refractivity contribution in [2.75, 3.05) is 0 Å². The van der Waals surface area contributed by atoms with Crippen molar-refractivity contribution in [1.82, 2.24) is 9.97 Å². The van der Waals surface area contributed by atoms with Gasteiger partial charge >= 0.3 is 0 Å². The van der Waals surface area contributed by atoms with E-state index < -0.39 is 0 Å². The summed E-state index contributed by atoms with van der Waals surface area (Å²) in [6.07, 6.45) is 12.2. The van der Waals surface area contributed by atoms with E-state index in [1.165, 1.54) is 55.2 Å². The Balaban J connectivity index is 0.000000155. The third-order valence-corrected chi connectivity index (χ3v) is 9.28. The molecule has 1 radical (unpaired) electrons. The van der Waals surface area contributed by atoms with Gasteiger partial charge in [-0.2, -0.15) is 0 Å². The molecule has 0 amide bonds. The van der Waals surface area contributed by atoms with Crippen LogP contribution in [0.2, 0.25) is 0 Å². The number of benzene rings is 2. The van der Waals surface area contributed by atoms with E-state index in [2.05, 4.69) is 87.5 Å². The third kappa shape index (κ3) is 5.54. The molecule has 4 aliphatic carbocycles. The summed E-state index contributed by atoms with van der Waals surface area (Å²) in [6, 6.07) is 27.3. The Bertz CT molecular complexity index is 1420. The maximum atomic E-state index is 4.69. The fourth-order valence-electron chi connectivity index (χ4n) is 6.74. The fraction of sp³-hybridized carbons (Fsp3) is 0.389. The molecule has 0 unspecified atom stereocenters. The molecule has 2 nitrogen and oxygen atoms in total. The predicted molar refractivity (Wildman–Crippen MR) is 156 cm³/mol. The summed E-state index contributed by atoms with van der Waals surface area (Å²) in [5.41, 5.74) is 10.7. The minimum atomic E-state index is 0. The maximum Gasteiger partial charge on any atom is 0.0201 e. The van der Waals surface area contributed by atoms with Crippen molar-refractivity contribution in [3.05, 3.63) is 107 Å². The smallest absolute Gasteiger partial charge is 0.0201 e. The van der Waals surface area contributed by atoms with Gasteiger partial charge in [0.15, 0.2) is 0 Å². The summed E-state index contributed by atoms with van der Waals surface area (Å²) in [6.45, 7) is 9.35. The zero-order valence-electron chi connectivity index (χ0n) is 23.6. The van der Waals surface area contributed by atoms with Gasteiger partial charge in [-0.25, -0.2) is 0 Å². The Morgan fingerprint density at radius 1 is 0.641 bits per heavy atom.